The molecule has 1 unspecified atom stereocenters. The lowest BCUT2D eigenvalue weighted by atomic mass is 9.98. The van der Waals surface area contributed by atoms with E-state index < -0.39 is 0 Å². The predicted octanol–water partition coefficient (Wildman–Crippen LogP) is 2.59. The number of cyclic esters (lactones) is 1. The number of hydrogen-bond acceptors (Lipinski definition) is 4. The van der Waals surface area contributed by atoms with Crippen molar-refractivity contribution in [3.8, 4) is 0 Å². The van der Waals surface area contributed by atoms with E-state index in [1.54, 1.807) is 0 Å². The van der Waals surface area contributed by atoms with Gasteiger partial charge in [-0.3, -0.25) is 0 Å². The van der Waals surface area contributed by atoms with Gasteiger partial charge in [-0.2, -0.15) is 0 Å². The van der Waals surface area contributed by atoms with Crippen molar-refractivity contribution in [2.45, 2.75) is 44.3 Å². The van der Waals surface area contributed by atoms with Crippen molar-refractivity contribution in [2.75, 3.05) is 12.4 Å². The Morgan fingerprint density at radius 1 is 1.36 bits per heavy atom. The average Bonchev–Trinajstić information content (AvgIpc) is 2.63. The van der Waals surface area contributed by atoms with E-state index in [0.717, 1.165) is 5.75 Å². The van der Waals surface area contributed by atoms with Crippen LogP contribution in [-0.2, 0) is 9.47 Å². The Labute approximate surface area is 88.5 Å². The van der Waals surface area contributed by atoms with Gasteiger partial charge >= 0.3 is 5.30 Å². The lowest BCUT2D eigenvalue weighted by Gasteiger charge is -2.23. The molecule has 1 atom stereocenters. The first-order valence-electron chi connectivity index (χ1n) is 5.29. The van der Waals surface area contributed by atoms with E-state index in [0.29, 0.717) is 12.7 Å². The summed E-state index contributed by atoms with van der Waals surface area (Å²) in [4.78, 5) is 10.8. The van der Waals surface area contributed by atoms with E-state index >= 15 is 0 Å². The molecular weight excluding hydrogens is 200 g/mol. The van der Waals surface area contributed by atoms with Gasteiger partial charge in [0.05, 0.1) is 12.7 Å². The van der Waals surface area contributed by atoms with Crippen LogP contribution < -0.4 is 0 Å². The fourth-order valence-electron chi connectivity index (χ4n) is 1.92. The first-order valence-corrected chi connectivity index (χ1v) is 6.28. The highest BCUT2D eigenvalue weighted by molar-refractivity contribution is 8.13. The Kier molecular flexibility index (Phi) is 3.70. The Morgan fingerprint density at radius 2 is 2.14 bits per heavy atom. The van der Waals surface area contributed by atoms with Gasteiger partial charge in [-0.05, 0) is 24.6 Å². The number of ether oxygens (including phenoxy) is 2. The Hall–Kier alpha value is -0.220. The monoisotopic (exact) mass is 216 g/mol. The largest absolute Gasteiger partial charge is 0.451 e. The van der Waals surface area contributed by atoms with Crippen LogP contribution in [0, 0.1) is 0 Å². The summed E-state index contributed by atoms with van der Waals surface area (Å²) in [6, 6.07) is 0. The van der Waals surface area contributed by atoms with Crippen molar-refractivity contribution in [3.63, 3.8) is 0 Å². The summed E-state index contributed by atoms with van der Waals surface area (Å²) in [5.41, 5.74) is 0. The minimum atomic E-state index is -0.151. The van der Waals surface area contributed by atoms with Crippen molar-refractivity contribution in [3.05, 3.63) is 0 Å². The molecule has 0 N–H and O–H groups in total. The summed E-state index contributed by atoms with van der Waals surface area (Å²) >= 11 is 1.25. The molecular formula is C10H16O3S. The van der Waals surface area contributed by atoms with Gasteiger partial charge in [0.2, 0.25) is 0 Å². The molecule has 1 saturated carbocycles. The molecule has 0 aromatic carbocycles. The molecule has 0 aromatic heterocycles. The van der Waals surface area contributed by atoms with Crippen LogP contribution in [0.25, 0.3) is 0 Å². The lowest BCUT2D eigenvalue weighted by Crippen LogP contribution is -2.24. The van der Waals surface area contributed by atoms with E-state index in [1.807, 2.05) is 0 Å². The smallest absolute Gasteiger partial charge is 0.367 e. The predicted molar refractivity (Wildman–Crippen MR) is 55.6 cm³/mol. The number of thioether (sulfide) groups is 1. The standard InChI is InChI=1S/C10H16O3S/c11-10-13-9(7-14-10)6-12-8-4-2-1-3-5-8/h8-9H,1-7H2. The van der Waals surface area contributed by atoms with Crippen LogP contribution in [0.3, 0.4) is 0 Å². The topological polar surface area (TPSA) is 35.5 Å². The second-order valence-corrected chi connectivity index (χ2v) is 4.85. The fraction of sp³-hybridized carbons (Fsp3) is 0.900. The molecule has 1 saturated heterocycles. The number of hydrogen-bond donors (Lipinski definition) is 0. The van der Waals surface area contributed by atoms with Gasteiger partial charge in [-0.1, -0.05) is 19.3 Å². The maximum absolute atomic E-state index is 10.8. The van der Waals surface area contributed by atoms with E-state index in [9.17, 15) is 4.79 Å². The first-order chi connectivity index (χ1) is 6.84. The van der Waals surface area contributed by atoms with Gasteiger partial charge in [0.15, 0.2) is 0 Å². The molecule has 4 heteroatoms. The number of rotatable bonds is 3. The molecule has 0 bridgehead atoms. The summed E-state index contributed by atoms with van der Waals surface area (Å²) in [6.07, 6.45) is 6.66. The second kappa shape index (κ2) is 5.03. The molecule has 0 spiro atoms. The van der Waals surface area contributed by atoms with Crippen LogP contribution in [0.5, 0.6) is 0 Å². The summed E-state index contributed by atoms with van der Waals surface area (Å²) in [5.74, 6) is 0.756. The zero-order chi connectivity index (χ0) is 9.80. The molecule has 2 rings (SSSR count). The molecule has 2 fully saturated rings. The van der Waals surface area contributed by atoms with Gasteiger partial charge in [0.25, 0.3) is 0 Å². The molecule has 14 heavy (non-hydrogen) atoms. The first kappa shape index (κ1) is 10.3. The molecule has 1 heterocycles. The molecule has 1 aliphatic heterocycles. The van der Waals surface area contributed by atoms with Crippen LogP contribution in [0.1, 0.15) is 32.1 Å². The second-order valence-electron chi connectivity index (χ2n) is 3.89. The molecule has 2 aliphatic rings. The van der Waals surface area contributed by atoms with Gasteiger partial charge in [-0.15, -0.1) is 0 Å². The quantitative estimate of drug-likeness (QED) is 0.679. The number of carbonyl (C=O) groups is 1. The fourth-order valence-corrected chi connectivity index (χ4v) is 2.61. The van der Waals surface area contributed by atoms with Crippen molar-refractivity contribution >= 4 is 17.1 Å². The maximum Gasteiger partial charge on any atom is 0.367 e. The molecule has 3 nitrogen and oxygen atoms in total. The molecule has 1 aliphatic carbocycles. The Bertz CT molecular complexity index is 202. The van der Waals surface area contributed by atoms with Crippen LogP contribution in [0.4, 0.5) is 4.79 Å². The normalized spacial score (nSPS) is 29.1. The van der Waals surface area contributed by atoms with Crippen molar-refractivity contribution in [1.82, 2.24) is 0 Å². The van der Waals surface area contributed by atoms with E-state index in [4.69, 9.17) is 9.47 Å². The van der Waals surface area contributed by atoms with Gasteiger partial charge < -0.3 is 9.47 Å². The minimum absolute atomic E-state index is 0.00516. The van der Waals surface area contributed by atoms with Crippen LogP contribution in [0.2, 0.25) is 0 Å². The highest BCUT2D eigenvalue weighted by Gasteiger charge is 2.25. The third kappa shape index (κ3) is 2.89. The van der Waals surface area contributed by atoms with E-state index in [1.165, 1.54) is 43.9 Å². The van der Waals surface area contributed by atoms with Crippen molar-refractivity contribution < 1.29 is 14.3 Å². The van der Waals surface area contributed by atoms with E-state index in [-0.39, 0.29) is 11.4 Å². The zero-order valence-electron chi connectivity index (χ0n) is 8.24. The van der Waals surface area contributed by atoms with Crippen LogP contribution >= 0.6 is 11.8 Å². The van der Waals surface area contributed by atoms with Gasteiger partial charge in [0, 0.05) is 5.75 Å². The zero-order valence-corrected chi connectivity index (χ0v) is 9.05. The van der Waals surface area contributed by atoms with Gasteiger partial charge in [-0.25, -0.2) is 4.79 Å². The number of carbonyl (C=O) groups excluding carboxylic acids is 1. The summed E-state index contributed by atoms with van der Waals surface area (Å²) in [5, 5.41) is -0.151. The Balaban J connectivity index is 1.63. The van der Waals surface area contributed by atoms with Crippen LogP contribution in [-0.4, -0.2) is 29.9 Å². The summed E-state index contributed by atoms with van der Waals surface area (Å²) in [6.45, 7) is 0.587. The highest BCUT2D eigenvalue weighted by atomic mass is 32.2. The minimum Gasteiger partial charge on any atom is -0.451 e. The molecule has 80 valence electrons. The van der Waals surface area contributed by atoms with E-state index in [2.05, 4.69) is 0 Å². The lowest BCUT2D eigenvalue weighted by molar-refractivity contribution is -0.0152. The Morgan fingerprint density at radius 3 is 2.79 bits per heavy atom. The van der Waals surface area contributed by atoms with Gasteiger partial charge in [0.1, 0.15) is 6.10 Å². The molecule has 0 aromatic rings. The average molecular weight is 216 g/mol. The molecule has 0 amide bonds. The van der Waals surface area contributed by atoms with Crippen LogP contribution in [0.15, 0.2) is 0 Å². The maximum atomic E-state index is 10.8. The molecule has 0 radical (unpaired) electrons. The SMILES string of the molecule is O=C1OC(COC2CCCCC2)CS1. The van der Waals surface area contributed by atoms with Crippen molar-refractivity contribution in [1.29, 1.82) is 0 Å². The summed E-state index contributed by atoms with van der Waals surface area (Å²) in [7, 11) is 0. The third-order valence-electron chi connectivity index (χ3n) is 2.72. The van der Waals surface area contributed by atoms with Crippen molar-refractivity contribution in [2.24, 2.45) is 0 Å². The summed E-state index contributed by atoms with van der Waals surface area (Å²) < 4.78 is 10.8. The highest BCUT2D eigenvalue weighted by Crippen LogP contribution is 2.23. The third-order valence-corrected chi connectivity index (χ3v) is 3.59.